The van der Waals surface area contributed by atoms with Gasteiger partial charge in [0.05, 0.1) is 11.5 Å². The average molecular weight is 366 g/mol. The van der Waals surface area contributed by atoms with E-state index in [4.69, 9.17) is 4.42 Å². The number of aromatic nitrogens is 2. The lowest BCUT2D eigenvalue weighted by molar-refractivity contribution is -0.384. The van der Waals surface area contributed by atoms with Gasteiger partial charge in [0.1, 0.15) is 0 Å². The summed E-state index contributed by atoms with van der Waals surface area (Å²) >= 11 is 0. The van der Waals surface area contributed by atoms with E-state index in [0.29, 0.717) is 11.8 Å². The van der Waals surface area contributed by atoms with Gasteiger partial charge in [-0.2, -0.15) is 0 Å². The highest BCUT2D eigenvalue weighted by molar-refractivity contribution is 5.95. The minimum atomic E-state index is -0.527. The van der Waals surface area contributed by atoms with Crippen LogP contribution in [0.2, 0.25) is 0 Å². The zero-order valence-electron chi connectivity index (χ0n) is 14.9. The summed E-state index contributed by atoms with van der Waals surface area (Å²) in [6, 6.07) is 14.8. The summed E-state index contributed by atoms with van der Waals surface area (Å²) in [7, 11) is 0. The SMILES string of the molecule is CC(C)N(Cc1nnc(-c2ccccc2)o1)C(=O)c1cccc([N+](=O)[O-])c1. The Morgan fingerprint density at radius 1 is 1.15 bits per heavy atom. The Kier molecular flexibility index (Phi) is 5.25. The van der Waals surface area contributed by atoms with Crippen molar-refractivity contribution in [2.45, 2.75) is 26.4 Å². The molecule has 2 aromatic carbocycles. The first-order valence-corrected chi connectivity index (χ1v) is 8.39. The molecule has 0 bridgehead atoms. The van der Waals surface area contributed by atoms with Crippen molar-refractivity contribution in [1.82, 2.24) is 15.1 Å². The van der Waals surface area contributed by atoms with Gasteiger partial charge in [-0.1, -0.05) is 24.3 Å². The Labute approximate surface area is 155 Å². The summed E-state index contributed by atoms with van der Waals surface area (Å²) in [5.74, 6) is 0.326. The van der Waals surface area contributed by atoms with Crippen LogP contribution in [0.3, 0.4) is 0 Å². The summed E-state index contributed by atoms with van der Waals surface area (Å²) in [5, 5.41) is 19.0. The highest BCUT2D eigenvalue weighted by atomic mass is 16.6. The van der Waals surface area contributed by atoms with Gasteiger partial charge in [-0.15, -0.1) is 10.2 Å². The van der Waals surface area contributed by atoms with Gasteiger partial charge in [-0.3, -0.25) is 14.9 Å². The highest BCUT2D eigenvalue weighted by Gasteiger charge is 2.23. The van der Waals surface area contributed by atoms with Crippen molar-refractivity contribution in [3.05, 3.63) is 76.2 Å². The molecule has 0 spiro atoms. The minimum Gasteiger partial charge on any atom is -0.419 e. The first kappa shape index (κ1) is 18.2. The van der Waals surface area contributed by atoms with Crippen LogP contribution in [0.25, 0.3) is 11.5 Å². The third kappa shape index (κ3) is 4.17. The van der Waals surface area contributed by atoms with Gasteiger partial charge in [0.15, 0.2) is 0 Å². The molecule has 0 saturated carbocycles. The summed E-state index contributed by atoms with van der Waals surface area (Å²) in [4.78, 5) is 24.8. The van der Waals surface area contributed by atoms with Crippen LogP contribution in [0.5, 0.6) is 0 Å². The van der Waals surface area contributed by atoms with Gasteiger partial charge in [0, 0.05) is 29.3 Å². The lowest BCUT2D eigenvalue weighted by Crippen LogP contribution is -2.36. The first-order valence-electron chi connectivity index (χ1n) is 8.39. The van der Waals surface area contributed by atoms with Crippen LogP contribution >= 0.6 is 0 Å². The molecule has 0 saturated heterocycles. The number of carbonyl (C=O) groups excluding carboxylic acids is 1. The molecule has 3 aromatic rings. The maximum atomic E-state index is 12.9. The van der Waals surface area contributed by atoms with Crippen molar-refractivity contribution in [1.29, 1.82) is 0 Å². The molecule has 0 fully saturated rings. The summed E-state index contributed by atoms with van der Waals surface area (Å²) < 4.78 is 5.67. The van der Waals surface area contributed by atoms with Crippen molar-refractivity contribution in [3.8, 4) is 11.5 Å². The van der Waals surface area contributed by atoms with Crippen LogP contribution in [0.4, 0.5) is 5.69 Å². The summed E-state index contributed by atoms with van der Waals surface area (Å²) in [6.07, 6.45) is 0. The number of benzene rings is 2. The molecule has 1 amide bonds. The second-order valence-electron chi connectivity index (χ2n) is 6.20. The van der Waals surface area contributed by atoms with E-state index in [1.807, 2.05) is 44.2 Å². The number of nitro groups is 1. The zero-order valence-corrected chi connectivity index (χ0v) is 14.9. The van der Waals surface area contributed by atoms with Crippen molar-refractivity contribution in [2.75, 3.05) is 0 Å². The molecule has 8 nitrogen and oxygen atoms in total. The molecule has 0 unspecified atom stereocenters. The Morgan fingerprint density at radius 2 is 1.89 bits per heavy atom. The molecule has 0 radical (unpaired) electrons. The monoisotopic (exact) mass is 366 g/mol. The Morgan fingerprint density at radius 3 is 2.56 bits per heavy atom. The van der Waals surface area contributed by atoms with Gasteiger partial charge in [-0.05, 0) is 32.0 Å². The van der Waals surface area contributed by atoms with Crippen LogP contribution in [-0.4, -0.2) is 32.0 Å². The van der Waals surface area contributed by atoms with E-state index >= 15 is 0 Å². The van der Waals surface area contributed by atoms with E-state index in [-0.39, 0.29) is 29.7 Å². The maximum absolute atomic E-state index is 12.9. The van der Waals surface area contributed by atoms with Crippen LogP contribution in [0.15, 0.2) is 59.0 Å². The van der Waals surface area contributed by atoms with Crippen molar-refractivity contribution in [3.63, 3.8) is 0 Å². The predicted octanol–water partition coefficient (Wildman–Crippen LogP) is 3.70. The lowest BCUT2D eigenvalue weighted by Gasteiger charge is -2.25. The van der Waals surface area contributed by atoms with Gasteiger partial charge < -0.3 is 9.32 Å². The molecular weight excluding hydrogens is 348 g/mol. The fourth-order valence-electron chi connectivity index (χ4n) is 2.57. The fraction of sp³-hybridized carbons (Fsp3) is 0.211. The molecule has 0 aliphatic heterocycles. The molecule has 1 aromatic heterocycles. The highest BCUT2D eigenvalue weighted by Crippen LogP contribution is 2.20. The number of rotatable bonds is 6. The quantitative estimate of drug-likeness (QED) is 0.487. The van der Waals surface area contributed by atoms with Gasteiger partial charge >= 0.3 is 0 Å². The third-order valence-electron chi connectivity index (χ3n) is 3.98. The van der Waals surface area contributed by atoms with Gasteiger partial charge in [0.25, 0.3) is 11.6 Å². The number of nitrogens with zero attached hydrogens (tertiary/aromatic N) is 4. The van der Waals surface area contributed by atoms with E-state index < -0.39 is 4.92 Å². The summed E-state index contributed by atoms with van der Waals surface area (Å²) in [5.41, 5.74) is 0.895. The molecular formula is C19H18N4O4. The Hall–Kier alpha value is -3.55. The third-order valence-corrected chi connectivity index (χ3v) is 3.98. The molecule has 0 aliphatic carbocycles. The molecule has 0 atom stereocenters. The number of hydrogen-bond donors (Lipinski definition) is 0. The van der Waals surface area contributed by atoms with Crippen molar-refractivity contribution >= 4 is 11.6 Å². The van der Waals surface area contributed by atoms with Gasteiger partial charge in [0.2, 0.25) is 11.8 Å². The van der Waals surface area contributed by atoms with E-state index in [9.17, 15) is 14.9 Å². The molecule has 0 aliphatic rings. The molecule has 138 valence electrons. The van der Waals surface area contributed by atoms with E-state index in [0.717, 1.165) is 5.56 Å². The number of non-ortho nitro benzene ring substituents is 1. The summed E-state index contributed by atoms with van der Waals surface area (Å²) in [6.45, 7) is 3.81. The molecule has 8 heteroatoms. The standard InChI is InChI=1S/C19H18N4O4/c1-13(2)22(19(24)15-9-6-10-16(11-15)23(25)26)12-17-20-21-18(27-17)14-7-4-3-5-8-14/h3-11,13H,12H2,1-2H3. The second kappa shape index (κ2) is 7.77. The number of nitro benzene ring substituents is 1. The van der Waals surface area contributed by atoms with E-state index in [2.05, 4.69) is 10.2 Å². The van der Waals surface area contributed by atoms with Crippen LogP contribution in [0.1, 0.15) is 30.1 Å². The van der Waals surface area contributed by atoms with Crippen molar-refractivity contribution in [2.24, 2.45) is 0 Å². The lowest BCUT2D eigenvalue weighted by atomic mass is 10.1. The normalized spacial score (nSPS) is 10.8. The van der Waals surface area contributed by atoms with Crippen LogP contribution in [-0.2, 0) is 6.54 Å². The fourth-order valence-corrected chi connectivity index (χ4v) is 2.57. The molecule has 1 heterocycles. The number of carbonyl (C=O) groups is 1. The Balaban J connectivity index is 1.82. The molecule has 0 N–H and O–H groups in total. The van der Waals surface area contributed by atoms with Crippen LogP contribution < -0.4 is 0 Å². The van der Waals surface area contributed by atoms with Gasteiger partial charge in [-0.25, -0.2) is 0 Å². The smallest absolute Gasteiger partial charge is 0.270 e. The molecule has 3 rings (SSSR count). The van der Waals surface area contributed by atoms with E-state index in [1.54, 1.807) is 6.07 Å². The minimum absolute atomic E-state index is 0.110. The largest absolute Gasteiger partial charge is 0.419 e. The zero-order chi connectivity index (χ0) is 19.4. The average Bonchev–Trinajstić information content (AvgIpc) is 3.15. The predicted molar refractivity (Wildman–Crippen MR) is 97.8 cm³/mol. The number of hydrogen-bond acceptors (Lipinski definition) is 6. The maximum Gasteiger partial charge on any atom is 0.270 e. The topological polar surface area (TPSA) is 102 Å². The number of amides is 1. The second-order valence-corrected chi connectivity index (χ2v) is 6.20. The Bertz CT molecular complexity index is 953. The molecule has 27 heavy (non-hydrogen) atoms. The van der Waals surface area contributed by atoms with Crippen molar-refractivity contribution < 1.29 is 14.1 Å². The van der Waals surface area contributed by atoms with E-state index in [1.165, 1.54) is 23.1 Å². The van der Waals surface area contributed by atoms with Crippen LogP contribution in [0, 0.1) is 10.1 Å². The first-order chi connectivity index (χ1) is 13.0.